The van der Waals surface area contributed by atoms with Crippen LogP contribution < -0.4 is 5.32 Å². The van der Waals surface area contributed by atoms with Crippen LogP contribution in [-0.4, -0.2) is 7.05 Å². The molecule has 0 radical (unpaired) electrons. The van der Waals surface area contributed by atoms with Crippen molar-refractivity contribution in [2.45, 2.75) is 13.0 Å². The third-order valence-electron chi connectivity index (χ3n) is 2.59. The highest BCUT2D eigenvalue weighted by molar-refractivity contribution is 9.11. The molecule has 0 fully saturated rings. The SMILES string of the molecule is CNC(c1cc(Br)cc(Br)c1)c1csc(C)c1. The summed E-state index contributed by atoms with van der Waals surface area (Å²) >= 11 is 8.85. The largest absolute Gasteiger partial charge is 0.309 e. The van der Waals surface area contributed by atoms with Crippen molar-refractivity contribution in [1.82, 2.24) is 5.32 Å². The van der Waals surface area contributed by atoms with Crippen molar-refractivity contribution in [3.8, 4) is 0 Å². The first-order valence-electron chi connectivity index (χ1n) is 5.28. The molecule has 0 bridgehead atoms. The summed E-state index contributed by atoms with van der Waals surface area (Å²) in [4.78, 5) is 1.34. The standard InChI is InChI=1S/C13H13Br2NS/c1-8-3-10(7-17-8)13(16-2)9-4-11(14)6-12(15)5-9/h3-7,13,16H,1-2H3. The number of halogens is 2. The molecule has 1 N–H and O–H groups in total. The molecule has 0 aliphatic rings. The Bertz CT molecular complexity index is 502. The molecule has 1 nitrogen and oxygen atoms in total. The van der Waals surface area contributed by atoms with Crippen molar-refractivity contribution in [3.63, 3.8) is 0 Å². The van der Waals surface area contributed by atoms with Crippen molar-refractivity contribution in [2.75, 3.05) is 7.05 Å². The molecule has 1 heterocycles. The quantitative estimate of drug-likeness (QED) is 0.806. The zero-order valence-electron chi connectivity index (χ0n) is 9.63. The van der Waals surface area contributed by atoms with Gasteiger partial charge in [-0.1, -0.05) is 31.9 Å². The average Bonchev–Trinajstić information content (AvgIpc) is 2.64. The van der Waals surface area contributed by atoms with Gasteiger partial charge in [0, 0.05) is 13.8 Å². The van der Waals surface area contributed by atoms with Gasteiger partial charge in [-0.05, 0) is 54.7 Å². The molecule has 1 unspecified atom stereocenters. The topological polar surface area (TPSA) is 12.0 Å². The van der Waals surface area contributed by atoms with Crippen LogP contribution in [0.4, 0.5) is 0 Å². The number of hydrogen-bond donors (Lipinski definition) is 1. The van der Waals surface area contributed by atoms with Crippen LogP contribution in [0.2, 0.25) is 0 Å². The van der Waals surface area contributed by atoms with Gasteiger partial charge in [-0.3, -0.25) is 0 Å². The van der Waals surface area contributed by atoms with Crippen molar-refractivity contribution in [1.29, 1.82) is 0 Å². The number of rotatable bonds is 3. The number of aryl methyl sites for hydroxylation is 1. The first kappa shape index (κ1) is 13.3. The molecule has 2 rings (SSSR count). The second-order valence-corrected chi connectivity index (χ2v) is 6.86. The predicted molar refractivity (Wildman–Crippen MR) is 81.8 cm³/mol. The predicted octanol–water partition coefficient (Wildman–Crippen LogP) is 4.89. The summed E-state index contributed by atoms with van der Waals surface area (Å²) < 4.78 is 2.18. The van der Waals surface area contributed by atoms with Crippen molar-refractivity contribution < 1.29 is 0 Å². The Morgan fingerprint density at radius 1 is 1.06 bits per heavy atom. The molecule has 1 aromatic heterocycles. The van der Waals surface area contributed by atoms with Gasteiger partial charge in [0.1, 0.15) is 0 Å². The fraction of sp³-hybridized carbons (Fsp3) is 0.231. The van der Waals surface area contributed by atoms with Gasteiger partial charge in [-0.2, -0.15) is 0 Å². The minimum absolute atomic E-state index is 0.244. The number of benzene rings is 1. The van der Waals surface area contributed by atoms with Gasteiger partial charge < -0.3 is 5.32 Å². The van der Waals surface area contributed by atoms with E-state index < -0.39 is 0 Å². The van der Waals surface area contributed by atoms with Crippen LogP contribution in [0.3, 0.4) is 0 Å². The first-order valence-corrected chi connectivity index (χ1v) is 7.75. The van der Waals surface area contributed by atoms with E-state index in [4.69, 9.17) is 0 Å². The van der Waals surface area contributed by atoms with Gasteiger partial charge in [0.2, 0.25) is 0 Å². The Morgan fingerprint density at radius 2 is 1.71 bits per heavy atom. The molecule has 0 saturated carbocycles. The van der Waals surface area contributed by atoms with E-state index in [1.165, 1.54) is 16.0 Å². The molecule has 1 aromatic carbocycles. The maximum Gasteiger partial charge on any atom is 0.0583 e. The van der Waals surface area contributed by atoms with E-state index in [0.29, 0.717) is 0 Å². The number of nitrogens with one attached hydrogen (secondary N) is 1. The fourth-order valence-electron chi connectivity index (χ4n) is 1.88. The van der Waals surface area contributed by atoms with Gasteiger partial charge in [0.05, 0.1) is 6.04 Å². The van der Waals surface area contributed by atoms with Gasteiger partial charge >= 0.3 is 0 Å². The van der Waals surface area contributed by atoms with Crippen LogP contribution in [0.5, 0.6) is 0 Å². The Kier molecular flexibility index (Phi) is 4.42. The maximum absolute atomic E-state index is 3.53. The first-order chi connectivity index (χ1) is 8.10. The summed E-state index contributed by atoms with van der Waals surface area (Å²) in [6, 6.07) is 8.84. The number of hydrogen-bond acceptors (Lipinski definition) is 2. The van der Waals surface area contributed by atoms with Crippen molar-refractivity contribution >= 4 is 43.2 Å². The zero-order chi connectivity index (χ0) is 12.4. The van der Waals surface area contributed by atoms with Crippen LogP contribution in [0.25, 0.3) is 0 Å². The Morgan fingerprint density at radius 3 is 2.18 bits per heavy atom. The van der Waals surface area contributed by atoms with E-state index >= 15 is 0 Å². The lowest BCUT2D eigenvalue weighted by Gasteiger charge is -2.16. The molecular formula is C13H13Br2NS. The Hall–Kier alpha value is -0.160. The minimum atomic E-state index is 0.244. The molecule has 0 saturated heterocycles. The molecular weight excluding hydrogens is 362 g/mol. The number of thiophene rings is 1. The monoisotopic (exact) mass is 373 g/mol. The summed E-state index contributed by atoms with van der Waals surface area (Å²) in [5, 5.41) is 5.58. The van der Waals surface area contributed by atoms with E-state index in [9.17, 15) is 0 Å². The smallest absolute Gasteiger partial charge is 0.0583 e. The summed E-state index contributed by atoms with van der Waals surface area (Å²) in [7, 11) is 1.99. The fourth-order valence-corrected chi connectivity index (χ4v) is 3.94. The molecule has 2 aromatic rings. The lowest BCUT2D eigenvalue weighted by molar-refractivity contribution is 0.693. The Labute approximate surface area is 123 Å². The van der Waals surface area contributed by atoms with Crippen molar-refractivity contribution in [2.24, 2.45) is 0 Å². The van der Waals surface area contributed by atoms with Crippen LogP contribution in [-0.2, 0) is 0 Å². The van der Waals surface area contributed by atoms with E-state index in [-0.39, 0.29) is 6.04 Å². The normalized spacial score (nSPS) is 12.7. The lowest BCUT2D eigenvalue weighted by atomic mass is 10.0. The summed E-state index contributed by atoms with van der Waals surface area (Å²) in [5.41, 5.74) is 2.58. The third-order valence-corrected chi connectivity index (χ3v) is 4.39. The molecule has 90 valence electrons. The third kappa shape index (κ3) is 3.19. The Balaban J connectivity index is 2.41. The minimum Gasteiger partial charge on any atom is -0.309 e. The highest BCUT2D eigenvalue weighted by atomic mass is 79.9. The second kappa shape index (κ2) is 5.65. The molecule has 0 aliphatic heterocycles. The van der Waals surface area contributed by atoms with Crippen LogP contribution in [0, 0.1) is 6.92 Å². The van der Waals surface area contributed by atoms with Crippen LogP contribution in [0.1, 0.15) is 22.0 Å². The van der Waals surface area contributed by atoms with E-state index in [1.807, 2.05) is 7.05 Å². The highest BCUT2D eigenvalue weighted by Crippen LogP contribution is 2.30. The van der Waals surface area contributed by atoms with E-state index in [1.54, 1.807) is 11.3 Å². The van der Waals surface area contributed by atoms with Gasteiger partial charge in [-0.15, -0.1) is 11.3 Å². The van der Waals surface area contributed by atoms with Crippen LogP contribution in [0.15, 0.2) is 38.6 Å². The molecule has 0 amide bonds. The van der Waals surface area contributed by atoms with Gasteiger partial charge in [0.25, 0.3) is 0 Å². The van der Waals surface area contributed by atoms with E-state index in [0.717, 1.165) is 8.95 Å². The van der Waals surface area contributed by atoms with Gasteiger partial charge in [-0.25, -0.2) is 0 Å². The average molecular weight is 375 g/mol. The summed E-state index contributed by atoms with van der Waals surface area (Å²) in [5.74, 6) is 0. The van der Waals surface area contributed by atoms with Gasteiger partial charge in [0.15, 0.2) is 0 Å². The molecule has 0 spiro atoms. The second-order valence-electron chi connectivity index (χ2n) is 3.92. The van der Waals surface area contributed by atoms with E-state index in [2.05, 4.69) is 73.7 Å². The lowest BCUT2D eigenvalue weighted by Crippen LogP contribution is -2.17. The molecule has 1 atom stereocenters. The molecule has 0 aliphatic carbocycles. The van der Waals surface area contributed by atoms with Crippen LogP contribution >= 0.6 is 43.2 Å². The maximum atomic E-state index is 3.53. The molecule has 17 heavy (non-hydrogen) atoms. The summed E-state index contributed by atoms with van der Waals surface area (Å²) in [6.45, 7) is 2.14. The zero-order valence-corrected chi connectivity index (χ0v) is 13.6. The summed E-state index contributed by atoms with van der Waals surface area (Å²) in [6.07, 6.45) is 0. The molecule has 4 heteroatoms. The van der Waals surface area contributed by atoms with Crippen molar-refractivity contribution in [3.05, 3.63) is 54.6 Å². The highest BCUT2D eigenvalue weighted by Gasteiger charge is 2.14.